The number of carbonyl (C=O) groups is 1. The zero-order chi connectivity index (χ0) is 14.5. The molecule has 1 unspecified atom stereocenters. The van der Waals surface area contributed by atoms with Crippen molar-refractivity contribution in [2.24, 2.45) is 0 Å². The molecular weight excluding hydrogens is 266 g/mol. The van der Waals surface area contributed by atoms with Gasteiger partial charge in [0.25, 0.3) is 5.91 Å². The first-order chi connectivity index (χ1) is 8.94. The van der Waals surface area contributed by atoms with E-state index >= 15 is 0 Å². The molecule has 1 rings (SSSR count). The van der Waals surface area contributed by atoms with Crippen LogP contribution in [0, 0.1) is 11.3 Å². The maximum atomic E-state index is 12.1. The quantitative estimate of drug-likeness (QED) is 0.837. The molecule has 1 atom stereocenters. The van der Waals surface area contributed by atoms with Crippen LogP contribution < -0.4 is 5.32 Å². The van der Waals surface area contributed by atoms with Gasteiger partial charge in [-0.25, -0.2) is 4.98 Å². The average molecular weight is 282 g/mol. The molecule has 0 bridgehead atoms. The van der Waals surface area contributed by atoms with Gasteiger partial charge in [-0.05, 0) is 25.5 Å². The van der Waals surface area contributed by atoms with Gasteiger partial charge in [-0.1, -0.05) is 18.5 Å². The number of carbonyl (C=O) groups excluding carboxylic acids is 1. The van der Waals surface area contributed by atoms with Gasteiger partial charge >= 0.3 is 0 Å². The van der Waals surface area contributed by atoms with Crippen molar-refractivity contribution < 1.29 is 9.53 Å². The molecule has 0 saturated heterocycles. The molecule has 0 aromatic carbocycles. The number of nitrogens with one attached hydrogen (secondary N) is 1. The predicted molar refractivity (Wildman–Crippen MR) is 72.0 cm³/mol. The summed E-state index contributed by atoms with van der Waals surface area (Å²) in [5, 5.41) is 12.0. The lowest BCUT2D eigenvalue weighted by atomic mass is 10.1. The van der Waals surface area contributed by atoms with Crippen molar-refractivity contribution in [2.45, 2.75) is 25.8 Å². The third-order valence-corrected chi connectivity index (χ3v) is 2.73. The van der Waals surface area contributed by atoms with E-state index in [9.17, 15) is 4.79 Å². The van der Waals surface area contributed by atoms with Crippen LogP contribution in [0.25, 0.3) is 0 Å². The molecule has 0 saturated carbocycles. The minimum Gasteiger partial charge on any atom is -0.381 e. The molecule has 6 heteroatoms. The van der Waals surface area contributed by atoms with Crippen LogP contribution in [-0.4, -0.2) is 30.1 Å². The Morgan fingerprint density at radius 1 is 1.63 bits per heavy atom. The minimum absolute atomic E-state index is 0.106. The summed E-state index contributed by atoms with van der Waals surface area (Å²) in [6, 6.07) is 5.15. The molecule has 0 aliphatic rings. The SMILES string of the molecule is CCc1cc(C(=O)NC(C)(C#N)COC)cc(Cl)n1. The van der Waals surface area contributed by atoms with E-state index in [4.69, 9.17) is 21.6 Å². The molecule has 1 heterocycles. The van der Waals surface area contributed by atoms with Crippen LogP contribution in [0.5, 0.6) is 0 Å². The largest absolute Gasteiger partial charge is 0.381 e. The highest BCUT2D eigenvalue weighted by molar-refractivity contribution is 6.29. The van der Waals surface area contributed by atoms with E-state index < -0.39 is 5.54 Å². The maximum absolute atomic E-state index is 12.1. The van der Waals surface area contributed by atoms with E-state index in [1.54, 1.807) is 13.0 Å². The fraction of sp³-hybridized carbons (Fsp3) is 0.462. The Kier molecular flexibility index (Phi) is 5.28. The Hall–Kier alpha value is -1.64. The second kappa shape index (κ2) is 6.50. The maximum Gasteiger partial charge on any atom is 0.252 e. The summed E-state index contributed by atoms with van der Waals surface area (Å²) >= 11 is 5.86. The number of ether oxygens (including phenoxy) is 1. The first-order valence-electron chi connectivity index (χ1n) is 5.83. The van der Waals surface area contributed by atoms with Crippen LogP contribution in [0.2, 0.25) is 5.15 Å². The molecule has 1 amide bonds. The first kappa shape index (κ1) is 15.4. The van der Waals surface area contributed by atoms with Gasteiger partial charge < -0.3 is 10.1 Å². The first-order valence-corrected chi connectivity index (χ1v) is 6.21. The van der Waals surface area contributed by atoms with Crippen molar-refractivity contribution in [3.8, 4) is 6.07 Å². The predicted octanol–water partition coefficient (Wildman–Crippen LogP) is 1.96. The van der Waals surface area contributed by atoms with Crippen molar-refractivity contribution in [3.63, 3.8) is 0 Å². The lowest BCUT2D eigenvalue weighted by Gasteiger charge is -2.22. The number of nitrogens with zero attached hydrogens (tertiary/aromatic N) is 2. The summed E-state index contributed by atoms with van der Waals surface area (Å²) in [7, 11) is 1.47. The zero-order valence-electron chi connectivity index (χ0n) is 11.2. The van der Waals surface area contributed by atoms with Crippen LogP contribution in [0.3, 0.4) is 0 Å². The summed E-state index contributed by atoms with van der Waals surface area (Å²) in [6.07, 6.45) is 0.675. The zero-order valence-corrected chi connectivity index (χ0v) is 11.9. The number of nitriles is 1. The molecule has 0 radical (unpaired) electrons. The lowest BCUT2D eigenvalue weighted by molar-refractivity contribution is 0.0860. The van der Waals surface area contributed by atoms with Crippen LogP contribution in [0.4, 0.5) is 0 Å². The Labute approximate surface area is 117 Å². The second-order valence-corrected chi connectivity index (χ2v) is 4.74. The van der Waals surface area contributed by atoms with Crippen molar-refractivity contribution in [1.29, 1.82) is 5.26 Å². The highest BCUT2D eigenvalue weighted by atomic mass is 35.5. The minimum atomic E-state index is -1.08. The molecular formula is C13H16ClN3O2. The number of aryl methyl sites for hydroxylation is 1. The van der Waals surface area contributed by atoms with Gasteiger partial charge in [-0.2, -0.15) is 5.26 Å². The number of hydrogen-bond acceptors (Lipinski definition) is 4. The van der Waals surface area contributed by atoms with E-state index in [1.807, 2.05) is 13.0 Å². The van der Waals surface area contributed by atoms with Crippen LogP contribution in [0.1, 0.15) is 29.9 Å². The van der Waals surface area contributed by atoms with E-state index in [1.165, 1.54) is 13.2 Å². The lowest BCUT2D eigenvalue weighted by Crippen LogP contribution is -2.48. The summed E-state index contributed by atoms with van der Waals surface area (Å²) < 4.78 is 4.93. The second-order valence-electron chi connectivity index (χ2n) is 4.35. The van der Waals surface area contributed by atoms with Gasteiger partial charge in [0.2, 0.25) is 0 Å². The number of pyridine rings is 1. The van der Waals surface area contributed by atoms with Crippen LogP contribution in [-0.2, 0) is 11.2 Å². The van der Waals surface area contributed by atoms with E-state index in [0.29, 0.717) is 12.0 Å². The molecule has 19 heavy (non-hydrogen) atoms. The number of halogens is 1. The Balaban J connectivity index is 2.95. The van der Waals surface area contributed by atoms with E-state index in [0.717, 1.165) is 5.69 Å². The summed E-state index contributed by atoms with van der Waals surface area (Å²) in [4.78, 5) is 16.2. The molecule has 5 nitrogen and oxygen atoms in total. The molecule has 0 spiro atoms. The molecule has 102 valence electrons. The number of amides is 1. The van der Waals surface area contributed by atoms with Crippen molar-refractivity contribution in [1.82, 2.24) is 10.3 Å². The number of hydrogen-bond donors (Lipinski definition) is 1. The van der Waals surface area contributed by atoms with Crippen molar-refractivity contribution in [2.75, 3.05) is 13.7 Å². The van der Waals surface area contributed by atoms with Gasteiger partial charge in [0.15, 0.2) is 0 Å². The summed E-state index contributed by atoms with van der Waals surface area (Å²) in [6.45, 7) is 3.62. The van der Waals surface area contributed by atoms with Gasteiger partial charge in [0.05, 0.1) is 12.7 Å². The van der Waals surface area contributed by atoms with Gasteiger partial charge in [0.1, 0.15) is 10.7 Å². The average Bonchev–Trinajstić information content (AvgIpc) is 2.38. The Morgan fingerprint density at radius 3 is 2.84 bits per heavy atom. The van der Waals surface area contributed by atoms with Crippen LogP contribution in [0.15, 0.2) is 12.1 Å². The molecule has 1 aromatic rings. The number of methoxy groups -OCH3 is 1. The monoisotopic (exact) mass is 281 g/mol. The third kappa shape index (κ3) is 4.19. The van der Waals surface area contributed by atoms with Crippen LogP contribution >= 0.6 is 11.6 Å². The highest BCUT2D eigenvalue weighted by Crippen LogP contribution is 2.13. The number of rotatable bonds is 5. The normalized spacial score (nSPS) is 13.4. The fourth-order valence-electron chi connectivity index (χ4n) is 1.57. The fourth-order valence-corrected chi connectivity index (χ4v) is 1.80. The topological polar surface area (TPSA) is 75.0 Å². The Bertz CT molecular complexity index is 513. The standard InChI is InChI=1S/C13H16ClN3O2/c1-4-10-5-9(6-11(14)16-10)12(18)17-13(2,7-15)8-19-3/h5-6H,4,8H2,1-3H3,(H,17,18). The van der Waals surface area contributed by atoms with Gasteiger partial charge in [-0.3, -0.25) is 4.79 Å². The van der Waals surface area contributed by atoms with Gasteiger partial charge in [-0.15, -0.1) is 0 Å². The van der Waals surface area contributed by atoms with E-state index in [2.05, 4.69) is 10.3 Å². The Morgan fingerprint density at radius 2 is 2.32 bits per heavy atom. The smallest absolute Gasteiger partial charge is 0.252 e. The molecule has 1 N–H and O–H groups in total. The van der Waals surface area contributed by atoms with Crippen molar-refractivity contribution >= 4 is 17.5 Å². The number of aromatic nitrogens is 1. The molecule has 0 aliphatic carbocycles. The van der Waals surface area contributed by atoms with Crippen molar-refractivity contribution in [3.05, 3.63) is 28.5 Å². The third-order valence-electron chi connectivity index (χ3n) is 2.54. The summed E-state index contributed by atoms with van der Waals surface area (Å²) in [5.74, 6) is -0.375. The summed E-state index contributed by atoms with van der Waals surface area (Å²) in [5.41, 5.74) is 0.0333. The van der Waals surface area contributed by atoms with E-state index in [-0.39, 0.29) is 17.7 Å². The molecule has 1 aromatic heterocycles. The molecule has 0 aliphatic heterocycles. The molecule has 0 fully saturated rings. The highest BCUT2D eigenvalue weighted by Gasteiger charge is 2.26. The van der Waals surface area contributed by atoms with Gasteiger partial charge in [0, 0.05) is 18.4 Å².